The number of hydrogen-bond acceptors (Lipinski definition) is 4. The van der Waals surface area contributed by atoms with Crippen LogP contribution in [0.4, 0.5) is 0 Å². The number of nitrogens with zero attached hydrogens (tertiary/aromatic N) is 1. The Morgan fingerprint density at radius 2 is 2.10 bits per heavy atom. The van der Waals surface area contributed by atoms with Crippen molar-refractivity contribution in [1.29, 1.82) is 0 Å². The third-order valence-electron chi connectivity index (χ3n) is 3.37. The van der Waals surface area contributed by atoms with Crippen molar-refractivity contribution in [3.8, 4) is 5.75 Å². The van der Waals surface area contributed by atoms with Crippen LogP contribution in [0.15, 0.2) is 24.3 Å². The molecule has 0 aliphatic rings. The van der Waals surface area contributed by atoms with Crippen molar-refractivity contribution < 1.29 is 14.6 Å². The molecule has 0 bridgehead atoms. The molecule has 0 saturated heterocycles. The van der Waals surface area contributed by atoms with Crippen molar-refractivity contribution >= 4 is 5.97 Å². The van der Waals surface area contributed by atoms with Crippen LogP contribution in [-0.2, 0) is 0 Å². The summed E-state index contributed by atoms with van der Waals surface area (Å²) in [4.78, 5) is 13.2. The molecule has 5 heteroatoms. The van der Waals surface area contributed by atoms with Gasteiger partial charge in [0.15, 0.2) is 0 Å². The molecule has 0 saturated carbocycles. The maximum absolute atomic E-state index is 10.9. The highest BCUT2D eigenvalue weighted by molar-refractivity contribution is 5.87. The lowest BCUT2D eigenvalue weighted by atomic mass is 10.2. The molecule has 2 N–H and O–H groups in total. The van der Waals surface area contributed by atoms with Gasteiger partial charge in [0, 0.05) is 19.1 Å². The number of benzene rings is 1. The van der Waals surface area contributed by atoms with Crippen molar-refractivity contribution in [3.05, 3.63) is 29.8 Å². The first kappa shape index (κ1) is 17.5. The van der Waals surface area contributed by atoms with Crippen LogP contribution in [0.5, 0.6) is 5.75 Å². The lowest BCUT2D eigenvalue weighted by Crippen LogP contribution is -2.40. The molecule has 0 spiro atoms. The number of nitrogens with one attached hydrogen (secondary N) is 1. The summed E-state index contributed by atoms with van der Waals surface area (Å²) in [5.41, 5.74) is 0.246. The van der Waals surface area contributed by atoms with Crippen LogP contribution in [-0.4, -0.2) is 54.8 Å². The fraction of sp³-hybridized carbons (Fsp3) is 0.562. The largest absolute Gasteiger partial charge is 0.492 e. The quantitative estimate of drug-likeness (QED) is 0.647. The van der Waals surface area contributed by atoms with Crippen molar-refractivity contribution in [2.45, 2.75) is 26.8 Å². The molecule has 0 radical (unpaired) electrons. The van der Waals surface area contributed by atoms with Crippen LogP contribution < -0.4 is 10.1 Å². The summed E-state index contributed by atoms with van der Waals surface area (Å²) in [6, 6.07) is 6.96. The Hall–Kier alpha value is -1.59. The first-order valence-electron chi connectivity index (χ1n) is 7.48. The highest BCUT2D eigenvalue weighted by Crippen LogP contribution is 2.12. The van der Waals surface area contributed by atoms with Gasteiger partial charge in [0.25, 0.3) is 0 Å². The van der Waals surface area contributed by atoms with Gasteiger partial charge in [-0.15, -0.1) is 0 Å². The second-order valence-corrected chi connectivity index (χ2v) is 5.02. The van der Waals surface area contributed by atoms with Crippen LogP contribution in [0, 0.1) is 0 Å². The number of ether oxygens (including phenoxy) is 1. The van der Waals surface area contributed by atoms with E-state index in [0.29, 0.717) is 18.4 Å². The topological polar surface area (TPSA) is 61.8 Å². The van der Waals surface area contributed by atoms with Crippen LogP contribution >= 0.6 is 0 Å². The first-order chi connectivity index (χ1) is 10.1. The maximum Gasteiger partial charge on any atom is 0.335 e. The average molecular weight is 294 g/mol. The Morgan fingerprint density at radius 1 is 1.38 bits per heavy atom. The minimum atomic E-state index is -0.939. The van der Waals surface area contributed by atoms with Crippen molar-refractivity contribution in [1.82, 2.24) is 10.2 Å². The summed E-state index contributed by atoms with van der Waals surface area (Å²) < 4.78 is 5.57. The molecule has 0 aliphatic heterocycles. The number of hydrogen-bond donors (Lipinski definition) is 2. The predicted octanol–water partition coefficient (Wildman–Crippen LogP) is 2.08. The van der Waals surface area contributed by atoms with Gasteiger partial charge in [0.2, 0.25) is 0 Å². The maximum atomic E-state index is 10.9. The van der Waals surface area contributed by atoms with E-state index in [9.17, 15) is 4.79 Å². The van der Waals surface area contributed by atoms with E-state index in [0.717, 1.165) is 26.2 Å². The summed E-state index contributed by atoms with van der Waals surface area (Å²) in [5.74, 6) is -0.348. The number of carboxylic acid groups (broad SMARTS) is 1. The zero-order valence-electron chi connectivity index (χ0n) is 13.1. The minimum Gasteiger partial charge on any atom is -0.492 e. The molecular weight excluding hydrogens is 268 g/mol. The second kappa shape index (κ2) is 9.37. The third-order valence-corrected chi connectivity index (χ3v) is 3.37. The normalized spacial score (nSPS) is 12.4. The molecule has 0 aliphatic carbocycles. The number of rotatable bonds is 10. The van der Waals surface area contributed by atoms with E-state index in [1.165, 1.54) is 0 Å². The lowest BCUT2D eigenvalue weighted by molar-refractivity contribution is 0.0696. The third kappa shape index (κ3) is 6.60. The van der Waals surface area contributed by atoms with Gasteiger partial charge >= 0.3 is 5.97 Å². The fourth-order valence-corrected chi connectivity index (χ4v) is 2.13. The van der Waals surface area contributed by atoms with E-state index >= 15 is 0 Å². The molecule has 1 unspecified atom stereocenters. The Labute approximate surface area is 126 Å². The molecule has 21 heavy (non-hydrogen) atoms. The monoisotopic (exact) mass is 294 g/mol. The Kier molecular flexibility index (Phi) is 7.79. The van der Waals surface area contributed by atoms with E-state index in [1.54, 1.807) is 24.3 Å². The molecule has 5 nitrogen and oxygen atoms in total. The predicted molar refractivity (Wildman–Crippen MR) is 84.1 cm³/mol. The van der Waals surface area contributed by atoms with Gasteiger partial charge in [-0.25, -0.2) is 4.79 Å². The van der Waals surface area contributed by atoms with Crippen LogP contribution in [0.25, 0.3) is 0 Å². The molecule has 0 fully saturated rings. The van der Waals surface area contributed by atoms with Gasteiger partial charge in [-0.1, -0.05) is 19.9 Å². The van der Waals surface area contributed by atoms with Crippen LogP contribution in [0.1, 0.15) is 31.1 Å². The fourth-order valence-electron chi connectivity index (χ4n) is 2.13. The van der Waals surface area contributed by atoms with Crippen LogP contribution in [0.2, 0.25) is 0 Å². The number of carboxylic acids is 1. The van der Waals surface area contributed by atoms with E-state index in [1.807, 2.05) is 0 Å². The highest BCUT2D eigenvalue weighted by atomic mass is 16.5. The molecule has 1 rings (SSSR count). The minimum absolute atomic E-state index is 0.246. The zero-order valence-corrected chi connectivity index (χ0v) is 13.1. The van der Waals surface area contributed by atoms with Gasteiger partial charge in [-0.2, -0.15) is 0 Å². The SMILES string of the molecule is CCN(CC)CC(C)NCCOc1cccc(C(=O)O)c1. The Bertz CT molecular complexity index is 433. The van der Waals surface area contributed by atoms with Gasteiger partial charge in [-0.05, 0) is 38.2 Å². The van der Waals surface area contributed by atoms with Gasteiger partial charge in [0.05, 0.1) is 5.56 Å². The smallest absolute Gasteiger partial charge is 0.335 e. The molecule has 0 aromatic heterocycles. The average Bonchev–Trinajstić information content (AvgIpc) is 2.49. The number of aromatic carboxylic acids is 1. The first-order valence-corrected chi connectivity index (χ1v) is 7.48. The second-order valence-electron chi connectivity index (χ2n) is 5.02. The molecule has 1 aromatic carbocycles. The lowest BCUT2D eigenvalue weighted by Gasteiger charge is -2.23. The van der Waals surface area contributed by atoms with Gasteiger partial charge in [-0.3, -0.25) is 0 Å². The number of carbonyl (C=O) groups is 1. The molecule has 1 atom stereocenters. The molecule has 1 aromatic rings. The standard InChI is InChI=1S/C16H26N2O3/c1-4-18(5-2)12-13(3)17-9-10-21-15-8-6-7-14(11-15)16(19)20/h6-8,11,13,17H,4-5,9-10,12H2,1-3H3,(H,19,20). The van der Waals surface area contributed by atoms with Gasteiger partial charge < -0.3 is 20.1 Å². The van der Waals surface area contributed by atoms with Crippen molar-refractivity contribution in [2.75, 3.05) is 32.8 Å². The zero-order chi connectivity index (χ0) is 15.7. The Balaban J connectivity index is 2.27. The summed E-state index contributed by atoms with van der Waals surface area (Å²) in [6.45, 7) is 10.9. The van der Waals surface area contributed by atoms with E-state index in [-0.39, 0.29) is 5.56 Å². The molecule has 0 amide bonds. The van der Waals surface area contributed by atoms with E-state index < -0.39 is 5.97 Å². The van der Waals surface area contributed by atoms with Gasteiger partial charge in [0.1, 0.15) is 12.4 Å². The van der Waals surface area contributed by atoms with Crippen molar-refractivity contribution in [3.63, 3.8) is 0 Å². The Morgan fingerprint density at radius 3 is 2.71 bits per heavy atom. The summed E-state index contributed by atoms with van der Waals surface area (Å²) in [7, 11) is 0. The molecule has 0 heterocycles. The summed E-state index contributed by atoms with van der Waals surface area (Å²) in [5, 5.41) is 12.3. The van der Waals surface area contributed by atoms with Crippen LogP contribution in [0.3, 0.4) is 0 Å². The highest BCUT2D eigenvalue weighted by Gasteiger charge is 2.07. The van der Waals surface area contributed by atoms with E-state index in [2.05, 4.69) is 31.0 Å². The summed E-state index contributed by atoms with van der Waals surface area (Å²) >= 11 is 0. The van der Waals surface area contributed by atoms with Crippen molar-refractivity contribution in [2.24, 2.45) is 0 Å². The molecule has 118 valence electrons. The van der Waals surface area contributed by atoms with E-state index in [4.69, 9.17) is 9.84 Å². The molecular formula is C16H26N2O3. The summed E-state index contributed by atoms with van der Waals surface area (Å²) in [6.07, 6.45) is 0. The number of likely N-dealkylation sites (N-methyl/N-ethyl adjacent to an activating group) is 1.